The van der Waals surface area contributed by atoms with Gasteiger partial charge in [-0.3, -0.25) is 4.90 Å². The number of nitrogens with zero attached hydrogens (tertiary/aromatic N) is 6. The number of hydrogen-bond donors (Lipinski definition) is 2. The number of halogens is 1. The molecule has 3 N–H and O–H groups in total. The van der Waals surface area contributed by atoms with E-state index in [2.05, 4.69) is 48.7 Å². The number of nitrogens with one attached hydrogen (secondary N) is 1. The molecule has 0 amide bonds. The van der Waals surface area contributed by atoms with Crippen LogP contribution in [0.5, 0.6) is 5.75 Å². The van der Waals surface area contributed by atoms with Crippen molar-refractivity contribution in [2.24, 2.45) is 0 Å². The maximum atomic E-state index is 6.47. The summed E-state index contributed by atoms with van der Waals surface area (Å²) in [5, 5.41) is 17.2. The van der Waals surface area contributed by atoms with Crippen molar-refractivity contribution in [1.29, 1.82) is 0 Å². The molecule has 0 bridgehead atoms. The number of nitrogen functional groups attached to an aromatic ring is 1. The first-order chi connectivity index (χ1) is 18.1. The molecule has 37 heavy (non-hydrogen) atoms. The summed E-state index contributed by atoms with van der Waals surface area (Å²) in [4.78, 5) is 6.77. The van der Waals surface area contributed by atoms with E-state index >= 15 is 0 Å². The summed E-state index contributed by atoms with van der Waals surface area (Å²) in [7, 11) is 0. The molecule has 2 aliphatic rings. The van der Waals surface area contributed by atoms with Gasteiger partial charge >= 0.3 is 0 Å². The highest BCUT2D eigenvalue weighted by Gasteiger charge is 2.19. The molecule has 1 aliphatic carbocycles. The van der Waals surface area contributed by atoms with Crippen molar-refractivity contribution in [1.82, 2.24) is 29.9 Å². The Bertz CT molecular complexity index is 1420. The highest BCUT2D eigenvalue weighted by atomic mass is 35.5. The third kappa shape index (κ3) is 5.10. The van der Waals surface area contributed by atoms with Crippen molar-refractivity contribution in [3.8, 4) is 22.8 Å². The zero-order valence-electron chi connectivity index (χ0n) is 20.5. The smallest absolute Gasteiger partial charge is 0.248 e. The fraction of sp³-hybridized carbons (Fsp3) is 0.333. The first-order valence-electron chi connectivity index (χ1n) is 12.7. The number of ether oxygens (including phenoxy) is 1. The van der Waals surface area contributed by atoms with Crippen LogP contribution in [0.3, 0.4) is 0 Å². The number of anilines is 3. The fourth-order valence-electron chi connectivity index (χ4n) is 5.04. The van der Waals surface area contributed by atoms with Crippen LogP contribution in [-0.4, -0.2) is 56.1 Å². The number of aryl methyl sites for hydroxylation is 2. The average molecular weight is 517 g/mol. The van der Waals surface area contributed by atoms with Crippen molar-refractivity contribution < 1.29 is 4.74 Å². The first-order valence-corrected chi connectivity index (χ1v) is 13.1. The van der Waals surface area contributed by atoms with E-state index in [1.807, 2.05) is 24.3 Å². The Hall–Kier alpha value is -3.69. The van der Waals surface area contributed by atoms with Gasteiger partial charge in [0.25, 0.3) is 0 Å². The lowest BCUT2D eigenvalue weighted by atomic mass is 10.0. The maximum absolute atomic E-state index is 6.47. The molecular formula is C27H29ClN8O. The second kappa shape index (κ2) is 10.4. The average Bonchev–Trinajstić information content (AvgIpc) is 3.50. The number of benzene rings is 2. The van der Waals surface area contributed by atoms with Crippen LogP contribution in [0, 0.1) is 0 Å². The van der Waals surface area contributed by atoms with Gasteiger partial charge in [0.05, 0.1) is 10.7 Å². The number of nitrogens with two attached hydrogens (primary N) is 1. The van der Waals surface area contributed by atoms with Crippen LogP contribution in [0.4, 0.5) is 17.6 Å². The van der Waals surface area contributed by atoms with Gasteiger partial charge in [-0.2, -0.15) is 9.67 Å². The van der Waals surface area contributed by atoms with Crippen molar-refractivity contribution >= 4 is 29.2 Å². The molecule has 1 fully saturated rings. The Labute approximate surface area is 220 Å². The lowest BCUT2D eigenvalue weighted by molar-refractivity contribution is 0.238. The van der Waals surface area contributed by atoms with Crippen LogP contribution in [0.1, 0.15) is 30.4 Å². The summed E-state index contributed by atoms with van der Waals surface area (Å²) < 4.78 is 7.39. The number of fused-ring (bicyclic) bond motifs is 3. The molecule has 2 aromatic heterocycles. The van der Waals surface area contributed by atoms with Gasteiger partial charge in [-0.05, 0) is 80.6 Å². The van der Waals surface area contributed by atoms with Crippen molar-refractivity contribution in [2.75, 3.05) is 37.3 Å². The predicted octanol–water partition coefficient (Wildman–Crippen LogP) is 4.67. The normalized spacial score (nSPS) is 15.2. The van der Waals surface area contributed by atoms with E-state index in [-0.39, 0.29) is 5.95 Å². The molecule has 0 spiro atoms. The number of aromatic nitrogens is 5. The van der Waals surface area contributed by atoms with Gasteiger partial charge < -0.3 is 15.8 Å². The lowest BCUT2D eigenvalue weighted by Crippen LogP contribution is -2.25. The van der Waals surface area contributed by atoms with Crippen LogP contribution in [-0.2, 0) is 12.8 Å². The quantitative estimate of drug-likeness (QED) is 0.365. The van der Waals surface area contributed by atoms with Crippen LogP contribution >= 0.6 is 11.6 Å². The topological polar surface area (TPSA) is 107 Å². The van der Waals surface area contributed by atoms with Gasteiger partial charge in [0.1, 0.15) is 12.4 Å². The van der Waals surface area contributed by atoms with Crippen LogP contribution < -0.4 is 15.8 Å². The summed E-state index contributed by atoms with van der Waals surface area (Å²) in [5.41, 5.74) is 11.4. The molecule has 9 nitrogen and oxygen atoms in total. The summed E-state index contributed by atoms with van der Waals surface area (Å²) >= 11 is 6.47. The van der Waals surface area contributed by atoms with E-state index in [0.717, 1.165) is 61.4 Å². The molecule has 1 saturated heterocycles. The van der Waals surface area contributed by atoms with Gasteiger partial charge in [-0.15, -0.1) is 15.3 Å². The molecule has 10 heteroatoms. The fourth-order valence-corrected chi connectivity index (χ4v) is 5.27. The summed E-state index contributed by atoms with van der Waals surface area (Å²) in [5.74, 6) is 1.76. The van der Waals surface area contributed by atoms with Crippen LogP contribution in [0.2, 0.25) is 5.02 Å². The predicted molar refractivity (Wildman–Crippen MR) is 145 cm³/mol. The first kappa shape index (κ1) is 23.7. The SMILES string of the molecule is Nc1nc(Nc2ccc(OCCN3CCCC3)c(Cl)c2)nn1-c1cc2c(nn1)-c1ccccc1CCC2. The third-order valence-electron chi connectivity index (χ3n) is 6.93. The van der Waals surface area contributed by atoms with Gasteiger partial charge in [-0.1, -0.05) is 35.9 Å². The lowest BCUT2D eigenvalue weighted by Gasteiger charge is -2.15. The van der Waals surface area contributed by atoms with Gasteiger partial charge in [0.2, 0.25) is 11.9 Å². The summed E-state index contributed by atoms with van der Waals surface area (Å²) in [6.07, 6.45) is 5.52. The second-order valence-corrected chi connectivity index (χ2v) is 9.87. The highest BCUT2D eigenvalue weighted by Crippen LogP contribution is 2.32. The zero-order chi connectivity index (χ0) is 25.2. The number of likely N-dealkylation sites (tertiary alicyclic amines) is 1. The Morgan fingerprint density at radius 1 is 0.973 bits per heavy atom. The van der Waals surface area contributed by atoms with Crippen LogP contribution in [0.25, 0.3) is 17.1 Å². The van der Waals surface area contributed by atoms with E-state index in [1.54, 1.807) is 6.07 Å². The molecule has 2 aromatic carbocycles. The van der Waals surface area contributed by atoms with Crippen molar-refractivity contribution in [2.45, 2.75) is 32.1 Å². The van der Waals surface area contributed by atoms with E-state index in [0.29, 0.717) is 29.1 Å². The highest BCUT2D eigenvalue weighted by molar-refractivity contribution is 6.32. The Balaban J connectivity index is 1.16. The largest absolute Gasteiger partial charge is 0.491 e. The molecular weight excluding hydrogens is 488 g/mol. The standard InChI is InChI=1S/C27H29ClN8O/c28-22-17-20(10-11-23(22)37-15-14-35-12-3-4-13-35)30-27-31-26(29)36(34-27)24-16-19-8-5-7-18-6-1-2-9-21(18)25(19)33-32-24/h1-2,6,9-11,16-17H,3-5,7-8,12-15H2,(H3,29,30,31,34). The zero-order valence-corrected chi connectivity index (χ0v) is 21.3. The third-order valence-corrected chi connectivity index (χ3v) is 7.22. The summed E-state index contributed by atoms with van der Waals surface area (Å²) in [6.45, 7) is 3.82. The van der Waals surface area contributed by atoms with E-state index < -0.39 is 0 Å². The minimum absolute atomic E-state index is 0.221. The Kier molecular flexibility index (Phi) is 6.63. The monoisotopic (exact) mass is 516 g/mol. The van der Waals surface area contributed by atoms with Gasteiger partial charge in [-0.25, -0.2) is 0 Å². The molecule has 0 atom stereocenters. The Morgan fingerprint density at radius 3 is 2.68 bits per heavy atom. The van der Waals surface area contributed by atoms with E-state index in [9.17, 15) is 0 Å². The minimum atomic E-state index is 0.221. The summed E-state index contributed by atoms with van der Waals surface area (Å²) in [6, 6.07) is 15.9. The van der Waals surface area contributed by atoms with E-state index in [1.165, 1.54) is 23.1 Å². The van der Waals surface area contributed by atoms with Gasteiger partial charge in [0.15, 0.2) is 5.82 Å². The maximum Gasteiger partial charge on any atom is 0.248 e. The molecule has 0 radical (unpaired) electrons. The molecule has 3 heterocycles. The van der Waals surface area contributed by atoms with Crippen molar-refractivity contribution in [3.63, 3.8) is 0 Å². The molecule has 0 unspecified atom stereocenters. The molecule has 4 aromatic rings. The molecule has 190 valence electrons. The molecule has 0 saturated carbocycles. The van der Waals surface area contributed by atoms with Crippen molar-refractivity contribution in [3.05, 3.63) is 64.7 Å². The van der Waals surface area contributed by atoms with Gasteiger partial charge in [0, 0.05) is 17.8 Å². The van der Waals surface area contributed by atoms with E-state index in [4.69, 9.17) is 22.1 Å². The molecule has 6 rings (SSSR count). The number of hydrogen-bond acceptors (Lipinski definition) is 8. The molecule has 1 aliphatic heterocycles. The number of rotatable bonds is 7. The van der Waals surface area contributed by atoms with Crippen LogP contribution in [0.15, 0.2) is 48.5 Å². The minimum Gasteiger partial charge on any atom is -0.491 e. The Morgan fingerprint density at radius 2 is 1.81 bits per heavy atom. The second-order valence-electron chi connectivity index (χ2n) is 9.46.